The molecule has 1 heterocycles. The summed E-state index contributed by atoms with van der Waals surface area (Å²) >= 11 is 5.91. The highest BCUT2D eigenvalue weighted by molar-refractivity contribution is 6.30. The van der Waals surface area contributed by atoms with Gasteiger partial charge in [0.05, 0.1) is 11.0 Å². The molecule has 0 saturated heterocycles. The minimum absolute atomic E-state index is 0.00341. The number of carbonyl (C=O) groups is 2. The summed E-state index contributed by atoms with van der Waals surface area (Å²) in [5.41, 5.74) is 6.58. The van der Waals surface area contributed by atoms with Crippen LogP contribution in [-0.4, -0.2) is 21.4 Å². The van der Waals surface area contributed by atoms with Crippen LogP contribution >= 0.6 is 11.6 Å². The maximum absolute atomic E-state index is 12.5. The van der Waals surface area contributed by atoms with Gasteiger partial charge in [0.1, 0.15) is 24.7 Å². The lowest BCUT2D eigenvalue weighted by Crippen LogP contribution is -2.43. The first-order chi connectivity index (χ1) is 15.1. The van der Waals surface area contributed by atoms with E-state index in [0.717, 1.165) is 23.9 Å². The van der Waals surface area contributed by atoms with Crippen LogP contribution in [0.15, 0.2) is 60.7 Å². The first-order valence-corrected chi connectivity index (χ1v) is 10.5. The smallest absolute Gasteiger partial charge is 0.258 e. The van der Waals surface area contributed by atoms with Crippen LogP contribution in [0.3, 0.4) is 0 Å². The van der Waals surface area contributed by atoms with Crippen molar-refractivity contribution < 1.29 is 14.3 Å². The number of allylic oxidation sites excluding steroid dienone is 2. The molecule has 1 aliphatic rings. The second-order valence-corrected chi connectivity index (χ2v) is 7.85. The molecule has 31 heavy (non-hydrogen) atoms. The number of ether oxygens (including phenoxy) is 1. The molecule has 8 heteroatoms. The number of halogens is 1. The summed E-state index contributed by atoms with van der Waals surface area (Å²) in [6.45, 7) is 0.188. The van der Waals surface area contributed by atoms with Gasteiger partial charge in [0.15, 0.2) is 0 Å². The van der Waals surface area contributed by atoms with Gasteiger partial charge in [0.2, 0.25) is 5.91 Å². The number of imidazole rings is 1. The summed E-state index contributed by atoms with van der Waals surface area (Å²) in [5, 5.41) is 0.627. The summed E-state index contributed by atoms with van der Waals surface area (Å²) in [6, 6.07) is 14.6. The summed E-state index contributed by atoms with van der Waals surface area (Å²) in [4.78, 5) is 29.2. The minimum Gasteiger partial charge on any atom is -0.486 e. The van der Waals surface area contributed by atoms with Crippen LogP contribution in [0.5, 0.6) is 5.75 Å². The van der Waals surface area contributed by atoms with Crippen molar-refractivity contribution in [2.75, 3.05) is 0 Å². The molecule has 0 spiro atoms. The van der Waals surface area contributed by atoms with Crippen molar-refractivity contribution in [3.05, 3.63) is 71.5 Å². The number of hydrogen-bond acceptors (Lipinski definition) is 4. The first kappa shape index (κ1) is 20.9. The fourth-order valence-corrected chi connectivity index (χ4v) is 3.69. The number of amides is 2. The van der Waals surface area contributed by atoms with Crippen molar-refractivity contribution in [3.63, 3.8) is 0 Å². The SMILES string of the molecule is O=C(C[C@@H]1C=CCC1)NNC(=O)Cn1c(COc2ccc(Cl)cc2)nc2ccccc21. The van der Waals surface area contributed by atoms with Crippen molar-refractivity contribution in [1.82, 2.24) is 20.4 Å². The van der Waals surface area contributed by atoms with Crippen LogP contribution in [0, 0.1) is 5.92 Å². The van der Waals surface area contributed by atoms with Crippen LogP contribution in [0.2, 0.25) is 5.02 Å². The van der Waals surface area contributed by atoms with E-state index >= 15 is 0 Å². The van der Waals surface area contributed by atoms with E-state index in [1.807, 2.05) is 30.3 Å². The van der Waals surface area contributed by atoms with E-state index in [9.17, 15) is 9.59 Å². The Balaban J connectivity index is 1.41. The van der Waals surface area contributed by atoms with E-state index in [4.69, 9.17) is 16.3 Å². The lowest BCUT2D eigenvalue weighted by atomic mass is 10.1. The molecule has 0 aliphatic heterocycles. The molecular weight excluding hydrogens is 416 g/mol. The number of aromatic nitrogens is 2. The van der Waals surface area contributed by atoms with E-state index < -0.39 is 0 Å². The Labute approximate surface area is 185 Å². The quantitative estimate of drug-likeness (QED) is 0.434. The van der Waals surface area contributed by atoms with Crippen LogP contribution in [0.4, 0.5) is 0 Å². The zero-order valence-electron chi connectivity index (χ0n) is 16.9. The van der Waals surface area contributed by atoms with Gasteiger partial charge in [-0.25, -0.2) is 4.98 Å². The summed E-state index contributed by atoms with van der Waals surface area (Å²) < 4.78 is 7.61. The van der Waals surface area contributed by atoms with Gasteiger partial charge in [-0.2, -0.15) is 0 Å². The fourth-order valence-electron chi connectivity index (χ4n) is 3.57. The third-order valence-corrected chi connectivity index (χ3v) is 5.37. The lowest BCUT2D eigenvalue weighted by molar-refractivity contribution is -0.129. The number of para-hydroxylation sites is 2. The van der Waals surface area contributed by atoms with Crippen molar-refractivity contribution >= 4 is 34.4 Å². The van der Waals surface area contributed by atoms with E-state index in [1.165, 1.54) is 0 Å². The maximum Gasteiger partial charge on any atom is 0.258 e. The summed E-state index contributed by atoms with van der Waals surface area (Å²) in [5.74, 6) is 0.957. The Bertz CT molecular complexity index is 1110. The molecule has 1 aliphatic carbocycles. The molecule has 0 fully saturated rings. The van der Waals surface area contributed by atoms with Gasteiger partial charge in [-0.05, 0) is 55.2 Å². The average molecular weight is 439 g/mol. The fraction of sp³-hybridized carbons (Fsp3) is 0.261. The third-order valence-electron chi connectivity index (χ3n) is 5.12. The zero-order valence-corrected chi connectivity index (χ0v) is 17.6. The second kappa shape index (κ2) is 9.66. The molecular formula is C23H23ClN4O3. The first-order valence-electron chi connectivity index (χ1n) is 10.2. The van der Waals surface area contributed by atoms with E-state index in [1.54, 1.807) is 28.8 Å². The largest absolute Gasteiger partial charge is 0.486 e. The molecule has 2 amide bonds. The van der Waals surface area contributed by atoms with E-state index in [0.29, 0.717) is 23.0 Å². The molecule has 0 radical (unpaired) electrons. The van der Waals surface area contributed by atoms with Crippen molar-refractivity contribution in [1.29, 1.82) is 0 Å². The molecule has 1 atom stereocenters. The zero-order chi connectivity index (χ0) is 21.6. The molecule has 160 valence electrons. The van der Waals surface area contributed by atoms with Gasteiger partial charge < -0.3 is 9.30 Å². The molecule has 0 bridgehead atoms. The highest BCUT2D eigenvalue weighted by Crippen LogP contribution is 2.21. The Morgan fingerprint density at radius 3 is 2.65 bits per heavy atom. The van der Waals surface area contributed by atoms with Gasteiger partial charge in [-0.15, -0.1) is 0 Å². The number of fused-ring (bicyclic) bond motifs is 1. The predicted molar refractivity (Wildman–Crippen MR) is 118 cm³/mol. The highest BCUT2D eigenvalue weighted by atomic mass is 35.5. The van der Waals surface area contributed by atoms with Crippen molar-refractivity contribution in [2.45, 2.75) is 32.4 Å². The predicted octanol–water partition coefficient (Wildman–Crippen LogP) is 3.77. The number of nitrogens with one attached hydrogen (secondary N) is 2. The Kier molecular flexibility index (Phi) is 6.52. The van der Waals surface area contributed by atoms with E-state index in [-0.39, 0.29) is 30.9 Å². The van der Waals surface area contributed by atoms with Crippen LogP contribution in [-0.2, 0) is 22.7 Å². The Hall–Kier alpha value is -3.32. The molecule has 1 aromatic heterocycles. The minimum atomic E-state index is -0.341. The normalized spacial score (nSPS) is 15.2. The number of carbonyl (C=O) groups excluding carboxylic acids is 2. The molecule has 4 rings (SSSR count). The van der Waals surface area contributed by atoms with Gasteiger partial charge in [0, 0.05) is 11.4 Å². The summed E-state index contributed by atoms with van der Waals surface area (Å²) in [6.07, 6.45) is 6.46. The molecule has 0 unspecified atom stereocenters. The maximum atomic E-state index is 12.5. The van der Waals surface area contributed by atoms with Crippen LogP contribution in [0.1, 0.15) is 25.1 Å². The molecule has 7 nitrogen and oxygen atoms in total. The van der Waals surface area contributed by atoms with Gasteiger partial charge in [-0.3, -0.25) is 20.4 Å². The van der Waals surface area contributed by atoms with Crippen molar-refractivity contribution in [2.24, 2.45) is 5.92 Å². The molecule has 2 N–H and O–H groups in total. The third kappa shape index (κ3) is 5.44. The molecule has 3 aromatic rings. The Morgan fingerprint density at radius 2 is 1.87 bits per heavy atom. The molecule has 2 aromatic carbocycles. The van der Waals surface area contributed by atoms with Gasteiger partial charge >= 0.3 is 0 Å². The van der Waals surface area contributed by atoms with Crippen molar-refractivity contribution in [3.8, 4) is 5.75 Å². The van der Waals surface area contributed by atoms with Crippen LogP contribution in [0.25, 0.3) is 11.0 Å². The standard InChI is InChI=1S/C23H23ClN4O3/c24-17-9-11-18(12-10-17)31-15-21-25-19-7-3-4-8-20(19)28(21)14-23(30)27-26-22(29)13-16-5-1-2-6-16/h1,3-5,7-12,16H,2,6,13-15H2,(H,26,29)(H,27,30)/t16-/m1/s1. The van der Waals surface area contributed by atoms with Gasteiger partial charge in [-0.1, -0.05) is 35.9 Å². The second-order valence-electron chi connectivity index (χ2n) is 7.41. The number of nitrogens with zero attached hydrogens (tertiary/aromatic N) is 2. The number of rotatable bonds is 7. The van der Waals surface area contributed by atoms with Crippen LogP contribution < -0.4 is 15.6 Å². The molecule has 0 saturated carbocycles. The number of hydrogen-bond donors (Lipinski definition) is 2. The highest BCUT2D eigenvalue weighted by Gasteiger charge is 2.17. The average Bonchev–Trinajstić information content (AvgIpc) is 3.40. The number of benzene rings is 2. The topological polar surface area (TPSA) is 85.2 Å². The summed E-state index contributed by atoms with van der Waals surface area (Å²) in [7, 11) is 0. The monoisotopic (exact) mass is 438 g/mol. The lowest BCUT2D eigenvalue weighted by Gasteiger charge is -2.12. The number of hydrazine groups is 1. The van der Waals surface area contributed by atoms with Gasteiger partial charge in [0.25, 0.3) is 5.91 Å². The van der Waals surface area contributed by atoms with E-state index in [2.05, 4.69) is 21.9 Å². The Morgan fingerprint density at radius 1 is 1.10 bits per heavy atom.